The largest absolute Gasteiger partial charge is 0.373 e. The molecular weight excluding hydrogens is 342 g/mol. The highest BCUT2D eigenvalue weighted by Gasteiger charge is 2.27. The first-order chi connectivity index (χ1) is 13.2. The number of rotatable bonds is 6. The van der Waals surface area contributed by atoms with E-state index in [4.69, 9.17) is 9.26 Å². The van der Waals surface area contributed by atoms with Crippen LogP contribution in [-0.4, -0.2) is 35.8 Å². The summed E-state index contributed by atoms with van der Waals surface area (Å²) in [6.45, 7) is 8.73. The maximum absolute atomic E-state index is 6.11. The zero-order valence-corrected chi connectivity index (χ0v) is 16.4. The minimum absolute atomic E-state index is 0.120. The van der Waals surface area contributed by atoms with Gasteiger partial charge in [0.1, 0.15) is 6.54 Å². The van der Waals surface area contributed by atoms with Crippen LogP contribution in [0.5, 0.6) is 0 Å². The van der Waals surface area contributed by atoms with Crippen LogP contribution in [0.15, 0.2) is 33.8 Å². The standard InChI is InChI=1S/C20H29N5O2/c1-4-21-20(23-13-18-24-15(3)27-25-18)22-12-17-6-5-11-26-19(17)16-9-7-14(2)8-10-16/h7-10,17,19H,4-6,11-13H2,1-3H3,(H2,21,22,23). The molecule has 146 valence electrons. The van der Waals surface area contributed by atoms with Crippen LogP contribution < -0.4 is 10.6 Å². The van der Waals surface area contributed by atoms with Gasteiger partial charge in [0, 0.05) is 32.5 Å². The van der Waals surface area contributed by atoms with Crippen molar-refractivity contribution in [2.75, 3.05) is 19.7 Å². The summed E-state index contributed by atoms with van der Waals surface area (Å²) < 4.78 is 11.1. The third kappa shape index (κ3) is 5.53. The van der Waals surface area contributed by atoms with Gasteiger partial charge in [-0.1, -0.05) is 35.0 Å². The van der Waals surface area contributed by atoms with Gasteiger partial charge in [0.2, 0.25) is 5.89 Å². The number of nitrogens with zero attached hydrogens (tertiary/aromatic N) is 3. The van der Waals surface area contributed by atoms with Crippen molar-refractivity contribution in [2.24, 2.45) is 10.9 Å². The summed E-state index contributed by atoms with van der Waals surface area (Å²) in [4.78, 5) is 8.75. The zero-order chi connectivity index (χ0) is 19.1. The van der Waals surface area contributed by atoms with Gasteiger partial charge < -0.3 is 19.9 Å². The van der Waals surface area contributed by atoms with Crippen LogP contribution in [0.25, 0.3) is 0 Å². The van der Waals surface area contributed by atoms with Gasteiger partial charge in [0.25, 0.3) is 0 Å². The molecule has 1 saturated heterocycles. The minimum Gasteiger partial charge on any atom is -0.373 e. The molecule has 0 radical (unpaired) electrons. The van der Waals surface area contributed by atoms with Crippen molar-refractivity contribution in [3.8, 4) is 0 Å². The van der Waals surface area contributed by atoms with Crippen LogP contribution in [0.2, 0.25) is 0 Å². The Morgan fingerprint density at radius 3 is 2.74 bits per heavy atom. The molecule has 0 aliphatic carbocycles. The number of aliphatic imine (C=N–C) groups is 1. The molecule has 2 N–H and O–H groups in total. The second-order valence-electron chi connectivity index (χ2n) is 6.91. The molecule has 7 nitrogen and oxygen atoms in total. The van der Waals surface area contributed by atoms with Gasteiger partial charge in [-0.15, -0.1) is 0 Å². The van der Waals surface area contributed by atoms with Crippen LogP contribution >= 0.6 is 0 Å². The Hall–Kier alpha value is -2.41. The number of guanidine groups is 1. The number of ether oxygens (including phenoxy) is 1. The summed E-state index contributed by atoms with van der Waals surface area (Å²) >= 11 is 0. The molecule has 0 saturated carbocycles. The number of aryl methyl sites for hydroxylation is 2. The fraction of sp³-hybridized carbons (Fsp3) is 0.550. The van der Waals surface area contributed by atoms with Crippen LogP contribution in [-0.2, 0) is 11.3 Å². The van der Waals surface area contributed by atoms with E-state index in [9.17, 15) is 0 Å². The van der Waals surface area contributed by atoms with Gasteiger partial charge in [-0.05, 0) is 32.3 Å². The first-order valence-corrected chi connectivity index (χ1v) is 9.65. The zero-order valence-electron chi connectivity index (χ0n) is 16.4. The molecule has 1 fully saturated rings. The molecule has 2 aromatic rings. The predicted octanol–water partition coefficient (Wildman–Crippen LogP) is 2.91. The van der Waals surface area contributed by atoms with E-state index in [-0.39, 0.29) is 6.10 Å². The first kappa shape index (κ1) is 19.4. The van der Waals surface area contributed by atoms with Crippen molar-refractivity contribution >= 4 is 5.96 Å². The molecule has 2 heterocycles. The molecule has 1 aliphatic rings. The fourth-order valence-electron chi connectivity index (χ4n) is 3.30. The Morgan fingerprint density at radius 2 is 2.04 bits per heavy atom. The summed E-state index contributed by atoms with van der Waals surface area (Å²) in [6, 6.07) is 8.65. The van der Waals surface area contributed by atoms with E-state index in [2.05, 4.69) is 63.9 Å². The highest BCUT2D eigenvalue weighted by molar-refractivity contribution is 5.79. The van der Waals surface area contributed by atoms with Gasteiger partial charge in [-0.25, -0.2) is 4.99 Å². The summed E-state index contributed by atoms with van der Waals surface area (Å²) in [5.41, 5.74) is 2.51. The Bertz CT molecular complexity index is 741. The monoisotopic (exact) mass is 371 g/mol. The van der Waals surface area contributed by atoms with E-state index in [0.717, 1.165) is 38.5 Å². The summed E-state index contributed by atoms with van der Waals surface area (Å²) in [7, 11) is 0. The van der Waals surface area contributed by atoms with Gasteiger partial charge in [-0.3, -0.25) is 0 Å². The van der Waals surface area contributed by atoms with E-state index in [1.165, 1.54) is 11.1 Å². The normalized spacial score (nSPS) is 20.5. The van der Waals surface area contributed by atoms with Crippen molar-refractivity contribution in [1.29, 1.82) is 0 Å². The molecule has 1 aromatic heterocycles. The van der Waals surface area contributed by atoms with E-state index in [0.29, 0.717) is 24.2 Å². The van der Waals surface area contributed by atoms with Crippen LogP contribution in [0, 0.1) is 19.8 Å². The molecule has 7 heteroatoms. The predicted molar refractivity (Wildman–Crippen MR) is 104 cm³/mol. The topological polar surface area (TPSA) is 84.6 Å². The fourth-order valence-corrected chi connectivity index (χ4v) is 3.30. The summed E-state index contributed by atoms with van der Waals surface area (Å²) in [5.74, 6) is 2.30. The van der Waals surface area contributed by atoms with E-state index < -0.39 is 0 Å². The number of hydrogen-bond donors (Lipinski definition) is 2. The van der Waals surface area contributed by atoms with Gasteiger partial charge in [0.05, 0.1) is 6.10 Å². The van der Waals surface area contributed by atoms with Crippen LogP contribution in [0.4, 0.5) is 0 Å². The number of nitrogens with one attached hydrogen (secondary N) is 2. The lowest BCUT2D eigenvalue weighted by Gasteiger charge is -2.32. The van der Waals surface area contributed by atoms with Gasteiger partial charge >= 0.3 is 0 Å². The van der Waals surface area contributed by atoms with Gasteiger partial charge in [-0.2, -0.15) is 4.98 Å². The lowest BCUT2D eigenvalue weighted by atomic mass is 9.89. The molecule has 1 aromatic carbocycles. The number of aromatic nitrogens is 2. The van der Waals surface area contributed by atoms with Crippen molar-refractivity contribution in [3.63, 3.8) is 0 Å². The maximum Gasteiger partial charge on any atom is 0.223 e. The first-order valence-electron chi connectivity index (χ1n) is 9.65. The highest BCUT2D eigenvalue weighted by atomic mass is 16.5. The molecule has 0 spiro atoms. The molecular formula is C20H29N5O2. The third-order valence-corrected chi connectivity index (χ3v) is 4.67. The van der Waals surface area contributed by atoms with Crippen LogP contribution in [0.3, 0.4) is 0 Å². The average molecular weight is 371 g/mol. The molecule has 1 aliphatic heterocycles. The maximum atomic E-state index is 6.11. The average Bonchev–Trinajstić information content (AvgIpc) is 3.10. The Labute approximate surface area is 160 Å². The Morgan fingerprint density at radius 1 is 1.22 bits per heavy atom. The van der Waals surface area contributed by atoms with Crippen molar-refractivity contribution < 1.29 is 9.26 Å². The molecule has 0 bridgehead atoms. The van der Waals surface area contributed by atoms with Crippen LogP contribution in [0.1, 0.15) is 48.7 Å². The van der Waals surface area contributed by atoms with Crippen molar-refractivity contribution in [3.05, 3.63) is 47.1 Å². The molecule has 27 heavy (non-hydrogen) atoms. The second kappa shape index (κ2) is 9.50. The number of benzene rings is 1. The minimum atomic E-state index is 0.120. The van der Waals surface area contributed by atoms with Gasteiger partial charge in [0.15, 0.2) is 11.8 Å². The molecule has 0 amide bonds. The Balaban J connectivity index is 1.62. The van der Waals surface area contributed by atoms with Crippen molar-refractivity contribution in [2.45, 2.75) is 46.3 Å². The molecule has 3 rings (SSSR count). The van der Waals surface area contributed by atoms with Crippen molar-refractivity contribution in [1.82, 2.24) is 20.8 Å². The number of hydrogen-bond acceptors (Lipinski definition) is 5. The van der Waals surface area contributed by atoms with E-state index in [1.54, 1.807) is 6.92 Å². The third-order valence-electron chi connectivity index (χ3n) is 4.67. The lowest BCUT2D eigenvalue weighted by molar-refractivity contribution is -0.0265. The quantitative estimate of drug-likeness (QED) is 0.600. The SMILES string of the molecule is CCNC(=NCc1noc(C)n1)NCC1CCCOC1c1ccc(C)cc1. The molecule has 2 unspecified atom stereocenters. The highest BCUT2D eigenvalue weighted by Crippen LogP contribution is 2.33. The van der Waals surface area contributed by atoms with E-state index in [1.807, 2.05) is 0 Å². The second-order valence-corrected chi connectivity index (χ2v) is 6.91. The lowest BCUT2D eigenvalue weighted by Crippen LogP contribution is -2.42. The summed E-state index contributed by atoms with van der Waals surface area (Å²) in [6.07, 6.45) is 2.34. The Kier molecular flexibility index (Phi) is 6.81. The molecule has 2 atom stereocenters. The summed E-state index contributed by atoms with van der Waals surface area (Å²) in [5, 5.41) is 10.6. The van der Waals surface area contributed by atoms with E-state index >= 15 is 0 Å². The smallest absolute Gasteiger partial charge is 0.223 e.